The minimum atomic E-state index is -3.29. The third kappa shape index (κ3) is 2.41. The highest BCUT2D eigenvalue weighted by atomic mass is 32.2. The van der Waals surface area contributed by atoms with Crippen molar-refractivity contribution in [2.45, 2.75) is 17.4 Å². The topological polar surface area (TPSA) is 46.2 Å². The van der Waals surface area contributed by atoms with Crippen molar-refractivity contribution in [3.05, 3.63) is 59.9 Å². The second kappa shape index (κ2) is 4.90. The molecule has 0 radical (unpaired) electrons. The molecule has 1 unspecified atom stereocenters. The Balaban J connectivity index is 2.01. The average molecular weight is 291 g/mol. The molecule has 1 heterocycles. The van der Waals surface area contributed by atoms with Crippen LogP contribution in [0.1, 0.15) is 18.0 Å². The van der Waals surface area contributed by atoms with Crippen LogP contribution in [-0.2, 0) is 9.84 Å². The van der Waals surface area contributed by atoms with E-state index in [1.165, 1.54) is 18.2 Å². The van der Waals surface area contributed by atoms with E-state index in [1.54, 1.807) is 0 Å². The molecule has 5 heteroatoms. The van der Waals surface area contributed by atoms with Gasteiger partial charge < -0.3 is 5.32 Å². The zero-order valence-electron chi connectivity index (χ0n) is 10.7. The number of rotatable bonds is 2. The zero-order chi connectivity index (χ0) is 14.2. The standard InChI is InChI=1S/C15H14FNO2S/c16-11-6-7-15-13(10-11)14(8-9-20(15,18)19)17-12-4-2-1-3-5-12/h1-7,10,14,17H,8-9H2. The summed E-state index contributed by atoms with van der Waals surface area (Å²) < 4.78 is 37.5. The summed E-state index contributed by atoms with van der Waals surface area (Å²) in [6.45, 7) is 0. The molecule has 3 rings (SSSR count). The molecule has 0 aromatic heterocycles. The summed E-state index contributed by atoms with van der Waals surface area (Å²) in [5.41, 5.74) is 1.41. The van der Waals surface area contributed by atoms with Crippen LogP contribution in [0.25, 0.3) is 0 Å². The largest absolute Gasteiger partial charge is 0.378 e. The molecule has 0 saturated heterocycles. The molecule has 0 saturated carbocycles. The van der Waals surface area contributed by atoms with Crippen LogP contribution in [0.5, 0.6) is 0 Å². The van der Waals surface area contributed by atoms with Crippen molar-refractivity contribution < 1.29 is 12.8 Å². The third-order valence-electron chi connectivity index (χ3n) is 3.47. The van der Waals surface area contributed by atoms with Crippen molar-refractivity contribution in [3.63, 3.8) is 0 Å². The van der Waals surface area contributed by atoms with Gasteiger partial charge in [0.25, 0.3) is 0 Å². The van der Waals surface area contributed by atoms with E-state index in [-0.39, 0.29) is 16.7 Å². The van der Waals surface area contributed by atoms with Gasteiger partial charge in [0.05, 0.1) is 16.7 Å². The van der Waals surface area contributed by atoms with Gasteiger partial charge in [-0.3, -0.25) is 0 Å². The molecule has 104 valence electrons. The maximum atomic E-state index is 13.4. The van der Waals surface area contributed by atoms with E-state index in [1.807, 2.05) is 30.3 Å². The summed E-state index contributed by atoms with van der Waals surface area (Å²) in [5, 5.41) is 3.27. The normalized spacial score (nSPS) is 20.1. The Kier molecular flexibility index (Phi) is 3.22. The van der Waals surface area contributed by atoms with E-state index in [0.29, 0.717) is 12.0 Å². The Hall–Kier alpha value is -1.88. The van der Waals surface area contributed by atoms with E-state index in [4.69, 9.17) is 0 Å². The quantitative estimate of drug-likeness (QED) is 0.865. The Morgan fingerprint density at radius 1 is 1.10 bits per heavy atom. The Morgan fingerprint density at radius 2 is 1.85 bits per heavy atom. The maximum Gasteiger partial charge on any atom is 0.178 e. The van der Waals surface area contributed by atoms with Crippen LogP contribution in [0.2, 0.25) is 0 Å². The van der Waals surface area contributed by atoms with Crippen LogP contribution in [0.4, 0.5) is 10.1 Å². The van der Waals surface area contributed by atoms with Crippen molar-refractivity contribution in [2.24, 2.45) is 0 Å². The molecule has 0 fully saturated rings. The molecule has 2 aromatic carbocycles. The summed E-state index contributed by atoms with van der Waals surface area (Å²) in [5.74, 6) is -0.337. The number of hydrogen-bond acceptors (Lipinski definition) is 3. The fraction of sp³-hybridized carbons (Fsp3) is 0.200. The van der Waals surface area contributed by atoms with Crippen LogP contribution in [0.15, 0.2) is 53.4 Å². The molecule has 0 spiro atoms. The van der Waals surface area contributed by atoms with Crippen LogP contribution < -0.4 is 5.32 Å². The molecular weight excluding hydrogens is 277 g/mol. The van der Waals surface area contributed by atoms with Crippen LogP contribution in [-0.4, -0.2) is 14.2 Å². The van der Waals surface area contributed by atoms with E-state index in [9.17, 15) is 12.8 Å². The SMILES string of the molecule is O=S1(=O)CCC(Nc2ccccc2)c2cc(F)ccc21. The van der Waals surface area contributed by atoms with Crippen molar-refractivity contribution in [2.75, 3.05) is 11.1 Å². The Bertz CT molecular complexity index is 729. The Morgan fingerprint density at radius 3 is 2.60 bits per heavy atom. The number of nitrogens with one attached hydrogen (secondary N) is 1. The lowest BCUT2D eigenvalue weighted by Crippen LogP contribution is -2.24. The number of para-hydroxylation sites is 1. The summed E-state index contributed by atoms with van der Waals surface area (Å²) >= 11 is 0. The number of anilines is 1. The first-order valence-electron chi connectivity index (χ1n) is 6.40. The molecule has 1 aliphatic rings. The van der Waals surface area contributed by atoms with E-state index < -0.39 is 15.7 Å². The lowest BCUT2D eigenvalue weighted by molar-refractivity contribution is 0.570. The van der Waals surface area contributed by atoms with Gasteiger partial charge in [-0.1, -0.05) is 18.2 Å². The van der Waals surface area contributed by atoms with Crippen molar-refractivity contribution in [1.29, 1.82) is 0 Å². The number of halogens is 1. The molecule has 0 bridgehead atoms. The second-order valence-electron chi connectivity index (χ2n) is 4.85. The smallest absolute Gasteiger partial charge is 0.178 e. The first kappa shape index (κ1) is 13.1. The lowest BCUT2D eigenvalue weighted by atomic mass is 10.0. The van der Waals surface area contributed by atoms with Gasteiger partial charge in [-0.2, -0.15) is 0 Å². The number of benzene rings is 2. The highest BCUT2D eigenvalue weighted by molar-refractivity contribution is 7.91. The Labute approximate surface area is 117 Å². The molecular formula is C15H14FNO2S. The minimum Gasteiger partial charge on any atom is -0.378 e. The molecule has 1 aliphatic heterocycles. The predicted octanol–water partition coefficient (Wildman–Crippen LogP) is 3.16. The molecule has 2 aromatic rings. The molecule has 0 amide bonds. The summed E-state index contributed by atoms with van der Waals surface area (Å²) in [6, 6.07) is 13.2. The number of hydrogen-bond donors (Lipinski definition) is 1. The fourth-order valence-electron chi connectivity index (χ4n) is 2.50. The van der Waals surface area contributed by atoms with Gasteiger partial charge in [0.1, 0.15) is 5.82 Å². The van der Waals surface area contributed by atoms with Crippen LogP contribution in [0.3, 0.4) is 0 Å². The molecule has 1 atom stereocenters. The highest BCUT2D eigenvalue weighted by Crippen LogP contribution is 2.34. The first-order chi connectivity index (χ1) is 9.56. The van der Waals surface area contributed by atoms with Gasteiger partial charge >= 0.3 is 0 Å². The maximum absolute atomic E-state index is 13.4. The van der Waals surface area contributed by atoms with Crippen LogP contribution >= 0.6 is 0 Å². The summed E-state index contributed by atoms with van der Waals surface area (Å²) in [4.78, 5) is 0.235. The van der Waals surface area contributed by atoms with Crippen LogP contribution in [0, 0.1) is 5.82 Å². The highest BCUT2D eigenvalue weighted by Gasteiger charge is 2.30. The average Bonchev–Trinajstić information content (AvgIpc) is 2.43. The molecule has 0 aliphatic carbocycles. The summed E-state index contributed by atoms with van der Waals surface area (Å²) in [7, 11) is -3.29. The van der Waals surface area contributed by atoms with Gasteiger partial charge in [-0.15, -0.1) is 0 Å². The summed E-state index contributed by atoms with van der Waals surface area (Å²) in [6.07, 6.45) is 0.438. The molecule has 20 heavy (non-hydrogen) atoms. The number of sulfone groups is 1. The van der Waals surface area contributed by atoms with Crippen molar-refractivity contribution >= 4 is 15.5 Å². The van der Waals surface area contributed by atoms with Gasteiger partial charge in [0.15, 0.2) is 9.84 Å². The van der Waals surface area contributed by atoms with Gasteiger partial charge in [-0.25, -0.2) is 12.8 Å². The minimum absolute atomic E-state index is 0.0795. The molecule has 3 nitrogen and oxygen atoms in total. The van der Waals surface area contributed by atoms with E-state index in [0.717, 1.165) is 5.69 Å². The van der Waals surface area contributed by atoms with Crippen molar-refractivity contribution in [1.82, 2.24) is 0 Å². The zero-order valence-corrected chi connectivity index (χ0v) is 11.5. The van der Waals surface area contributed by atoms with E-state index in [2.05, 4.69) is 5.32 Å². The fourth-order valence-corrected chi connectivity index (χ4v) is 4.10. The first-order valence-corrected chi connectivity index (χ1v) is 8.05. The molecule has 1 N–H and O–H groups in total. The monoisotopic (exact) mass is 291 g/mol. The third-order valence-corrected chi connectivity index (χ3v) is 5.29. The second-order valence-corrected chi connectivity index (χ2v) is 6.93. The lowest BCUT2D eigenvalue weighted by Gasteiger charge is -2.27. The van der Waals surface area contributed by atoms with Crippen molar-refractivity contribution in [3.8, 4) is 0 Å². The van der Waals surface area contributed by atoms with Gasteiger partial charge in [0, 0.05) is 5.69 Å². The van der Waals surface area contributed by atoms with Gasteiger partial charge in [0.2, 0.25) is 0 Å². The van der Waals surface area contributed by atoms with Gasteiger partial charge in [-0.05, 0) is 42.3 Å². The van der Waals surface area contributed by atoms with E-state index >= 15 is 0 Å². The predicted molar refractivity (Wildman–Crippen MR) is 75.9 cm³/mol. The number of fused-ring (bicyclic) bond motifs is 1.